The first-order valence-corrected chi connectivity index (χ1v) is 6.69. The Morgan fingerprint density at radius 1 is 1.53 bits per heavy atom. The maximum Gasteiger partial charge on any atom is 0.227 e. The van der Waals surface area contributed by atoms with Gasteiger partial charge in [0.25, 0.3) is 0 Å². The number of hydrogen-bond donors (Lipinski definition) is 0. The zero-order valence-electron chi connectivity index (χ0n) is 11.0. The highest BCUT2D eigenvalue weighted by Gasteiger charge is 2.27. The minimum atomic E-state index is -0.00580. The van der Waals surface area contributed by atoms with Gasteiger partial charge in [0.05, 0.1) is 32.3 Å². The first kappa shape index (κ1) is 14.3. The average Bonchev–Trinajstić information content (AvgIpc) is 2.42. The second kappa shape index (κ2) is 6.89. The highest BCUT2D eigenvalue weighted by Crippen LogP contribution is 2.17. The summed E-state index contributed by atoms with van der Waals surface area (Å²) in [7, 11) is 1.63. The first-order valence-electron chi connectivity index (χ1n) is 6.32. The van der Waals surface area contributed by atoms with Gasteiger partial charge in [-0.25, -0.2) is 0 Å². The van der Waals surface area contributed by atoms with E-state index in [1.54, 1.807) is 13.2 Å². The summed E-state index contributed by atoms with van der Waals surface area (Å²) in [6, 6.07) is 7.43. The third-order valence-electron chi connectivity index (χ3n) is 3.21. The fraction of sp³-hybridized carbons (Fsp3) is 0.500. The number of nitrogens with zero attached hydrogens (tertiary/aromatic N) is 1. The van der Waals surface area contributed by atoms with Crippen molar-refractivity contribution in [1.82, 2.24) is 4.90 Å². The van der Waals surface area contributed by atoms with Crippen molar-refractivity contribution in [2.45, 2.75) is 12.5 Å². The Kier molecular flexibility index (Phi) is 5.19. The Hall–Kier alpha value is -1.10. The summed E-state index contributed by atoms with van der Waals surface area (Å²) in [5.41, 5.74) is 0.858. The van der Waals surface area contributed by atoms with Crippen molar-refractivity contribution in [1.29, 1.82) is 0 Å². The third-order valence-corrected chi connectivity index (χ3v) is 3.58. The molecule has 0 bridgehead atoms. The Labute approximate surface area is 118 Å². The molecule has 1 amide bonds. The van der Waals surface area contributed by atoms with Gasteiger partial charge in [-0.15, -0.1) is 0 Å². The molecule has 1 atom stereocenters. The van der Waals surface area contributed by atoms with Gasteiger partial charge in [-0.2, -0.15) is 0 Å². The molecule has 2 rings (SSSR count). The van der Waals surface area contributed by atoms with Crippen LogP contribution in [0.2, 0.25) is 5.02 Å². The summed E-state index contributed by atoms with van der Waals surface area (Å²) in [6.45, 7) is 2.21. The van der Waals surface area contributed by atoms with Gasteiger partial charge >= 0.3 is 0 Å². The molecule has 1 unspecified atom stereocenters. The van der Waals surface area contributed by atoms with Crippen LogP contribution in [-0.2, 0) is 20.7 Å². The summed E-state index contributed by atoms with van der Waals surface area (Å²) in [6.07, 6.45) is 0.319. The summed E-state index contributed by atoms with van der Waals surface area (Å²) in [5, 5.41) is 0.632. The van der Waals surface area contributed by atoms with Crippen LogP contribution in [0.3, 0.4) is 0 Å². The van der Waals surface area contributed by atoms with Crippen LogP contribution in [0.5, 0.6) is 0 Å². The lowest BCUT2D eigenvalue weighted by Gasteiger charge is -2.35. The van der Waals surface area contributed by atoms with E-state index < -0.39 is 0 Å². The maximum absolute atomic E-state index is 12.4. The maximum atomic E-state index is 12.4. The van der Waals surface area contributed by atoms with Crippen molar-refractivity contribution >= 4 is 17.5 Å². The van der Waals surface area contributed by atoms with Gasteiger partial charge in [-0.05, 0) is 11.6 Å². The van der Waals surface area contributed by atoms with Crippen molar-refractivity contribution in [3.8, 4) is 0 Å². The van der Waals surface area contributed by atoms with Gasteiger partial charge in [0, 0.05) is 18.7 Å². The lowest BCUT2D eigenvalue weighted by Crippen LogP contribution is -2.51. The second-order valence-electron chi connectivity index (χ2n) is 4.54. The average molecular weight is 284 g/mol. The van der Waals surface area contributed by atoms with Gasteiger partial charge in [0.15, 0.2) is 0 Å². The Bertz CT molecular complexity index is 436. The number of halogens is 1. The number of rotatable bonds is 4. The van der Waals surface area contributed by atoms with E-state index in [9.17, 15) is 4.79 Å². The van der Waals surface area contributed by atoms with Crippen molar-refractivity contribution in [3.05, 3.63) is 34.9 Å². The molecule has 1 aromatic rings. The molecule has 0 aromatic heterocycles. The molecule has 0 aliphatic carbocycles. The molecule has 5 heteroatoms. The number of carbonyl (C=O) groups is 1. The van der Waals surface area contributed by atoms with Crippen molar-refractivity contribution in [2.24, 2.45) is 0 Å². The summed E-state index contributed by atoms with van der Waals surface area (Å²) < 4.78 is 10.5. The van der Waals surface area contributed by atoms with Gasteiger partial charge in [-0.1, -0.05) is 29.8 Å². The van der Waals surface area contributed by atoms with Crippen molar-refractivity contribution in [3.63, 3.8) is 0 Å². The molecule has 1 aromatic carbocycles. The predicted molar refractivity (Wildman–Crippen MR) is 73.4 cm³/mol. The van der Waals surface area contributed by atoms with E-state index in [1.165, 1.54) is 0 Å². The standard InChI is InChI=1S/C14H18ClNO3/c1-18-9-12-10-19-7-6-16(12)14(17)8-11-4-2-3-5-13(11)15/h2-5,12H,6-10H2,1H3. The Morgan fingerprint density at radius 3 is 3.05 bits per heavy atom. The lowest BCUT2D eigenvalue weighted by atomic mass is 10.1. The van der Waals surface area contributed by atoms with Gasteiger partial charge in [0.2, 0.25) is 5.91 Å². The molecule has 104 valence electrons. The normalized spacial score (nSPS) is 19.5. The summed E-state index contributed by atoms with van der Waals surface area (Å²) in [5.74, 6) is 0.0680. The van der Waals surface area contributed by atoms with Crippen LogP contribution in [0.25, 0.3) is 0 Å². The fourth-order valence-corrected chi connectivity index (χ4v) is 2.42. The number of amides is 1. The molecule has 0 spiro atoms. The SMILES string of the molecule is COCC1COCCN1C(=O)Cc1ccccc1Cl. The minimum Gasteiger partial charge on any atom is -0.382 e. The highest BCUT2D eigenvalue weighted by atomic mass is 35.5. The van der Waals surface area contributed by atoms with Gasteiger partial charge in [0.1, 0.15) is 0 Å². The summed E-state index contributed by atoms with van der Waals surface area (Å²) >= 11 is 6.08. The smallest absolute Gasteiger partial charge is 0.227 e. The van der Waals surface area contributed by atoms with Crippen LogP contribution in [-0.4, -0.2) is 50.3 Å². The van der Waals surface area contributed by atoms with E-state index in [0.29, 0.717) is 37.8 Å². The van der Waals surface area contributed by atoms with Crippen molar-refractivity contribution < 1.29 is 14.3 Å². The molecule has 1 fully saturated rings. The topological polar surface area (TPSA) is 38.8 Å². The van der Waals surface area contributed by atoms with Crippen LogP contribution >= 0.6 is 11.6 Å². The fourth-order valence-electron chi connectivity index (χ4n) is 2.22. The molecule has 0 N–H and O–H groups in total. The first-order chi connectivity index (χ1) is 9.22. The quantitative estimate of drug-likeness (QED) is 0.845. The monoisotopic (exact) mass is 283 g/mol. The molecular formula is C14H18ClNO3. The summed E-state index contributed by atoms with van der Waals surface area (Å²) in [4.78, 5) is 14.2. The molecule has 0 radical (unpaired) electrons. The van der Waals surface area contributed by atoms with Gasteiger partial charge in [-0.3, -0.25) is 4.79 Å². The van der Waals surface area contributed by atoms with E-state index in [2.05, 4.69) is 0 Å². The van der Waals surface area contributed by atoms with Crippen LogP contribution in [0.1, 0.15) is 5.56 Å². The molecule has 4 nitrogen and oxygen atoms in total. The van der Waals surface area contributed by atoms with Gasteiger partial charge < -0.3 is 14.4 Å². The number of morpholine rings is 1. The minimum absolute atomic E-state index is 0.00580. The molecule has 1 aliphatic rings. The van der Waals surface area contributed by atoms with E-state index in [0.717, 1.165) is 5.56 Å². The van der Waals surface area contributed by atoms with Crippen LogP contribution < -0.4 is 0 Å². The van der Waals surface area contributed by atoms with E-state index in [1.807, 2.05) is 23.1 Å². The molecular weight excluding hydrogens is 266 g/mol. The zero-order valence-corrected chi connectivity index (χ0v) is 11.7. The molecule has 1 saturated heterocycles. The molecule has 1 heterocycles. The number of hydrogen-bond acceptors (Lipinski definition) is 3. The molecule has 1 aliphatic heterocycles. The largest absolute Gasteiger partial charge is 0.382 e. The van der Waals surface area contributed by atoms with Crippen molar-refractivity contribution in [2.75, 3.05) is 33.5 Å². The number of benzene rings is 1. The van der Waals surface area contributed by atoms with Crippen LogP contribution in [0.15, 0.2) is 24.3 Å². The zero-order chi connectivity index (χ0) is 13.7. The molecule has 19 heavy (non-hydrogen) atoms. The predicted octanol–water partition coefficient (Wildman–Crippen LogP) is 1.76. The van der Waals surface area contributed by atoms with E-state index >= 15 is 0 Å². The number of methoxy groups -OCH3 is 1. The Morgan fingerprint density at radius 2 is 2.32 bits per heavy atom. The molecule has 0 saturated carbocycles. The number of ether oxygens (including phenoxy) is 2. The van der Waals surface area contributed by atoms with Crippen LogP contribution in [0.4, 0.5) is 0 Å². The highest BCUT2D eigenvalue weighted by molar-refractivity contribution is 6.31. The Balaban J connectivity index is 2.03. The van der Waals surface area contributed by atoms with E-state index in [4.69, 9.17) is 21.1 Å². The lowest BCUT2D eigenvalue weighted by molar-refractivity contribution is -0.141. The third kappa shape index (κ3) is 3.69. The second-order valence-corrected chi connectivity index (χ2v) is 4.95. The van der Waals surface area contributed by atoms with Crippen LogP contribution in [0, 0.1) is 0 Å². The van der Waals surface area contributed by atoms with E-state index in [-0.39, 0.29) is 11.9 Å². The number of carbonyl (C=O) groups excluding carboxylic acids is 1.